The molecule has 0 bridgehead atoms. The van der Waals surface area contributed by atoms with Gasteiger partial charge in [0.25, 0.3) is 5.91 Å². The van der Waals surface area contributed by atoms with Crippen LogP contribution in [-0.4, -0.2) is 31.6 Å². The number of carbonyl (C=O) groups excluding carboxylic acids is 2. The molecule has 0 atom stereocenters. The summed E-state index contributed by atoms with van der Waals surface area (Å²) in [6.45, 7) is 1.71. The van der Waals surface area contributed by atoms with Crippen LogP contribution in [0.3, 0.4) is 0 Å². The Bertz CT molecular complexity index is 1240. The number of hydrogen-bond donors (Lipinski definition) is 2. The Labute approximate surface area is 178 Å². The molecule has 0 unspecified atom stereocenters. The number of nitrogens with two attached hydrogens (primary N) is 1. The topological polar surface area (TPSA) is 124 Å². The van der Waals surface area contributed by atoms with Crippen LogP contribution in [0.2, 0.25) is 0 Å². The minimum atomic E-state index is -0.399. The number of rotatable bonds is 5. The minimum absolute atomic E-state index is 0.125. The van der Waals surface area contributed by atoms with E-state index < -0.39 is 5.91 Å². The molecule has 3 N–H and O–H groups in total. The number of benzene rings is 2. The van der Waals surface area contributed by atoms with E-state index >= 15 is 0 Å². The molecule has 4 rings (SSSR count). The zero-order valence-corrected chi connectivity index (χ0v) is 16.6. The van der Waals surface area contributed by atoms with Crippen molar-refractivity contribution in [2.24, 2.45) is 0 Å². The Kier molecular flexibility index (Phi) is 5.44. The highest BCUT2D eigenvalue weighted by molar-refractivity contribution is 6.10. The Morgan fingerprint density at radius 2 is 1.45 bits per heavy atom. The van der Waals surface area contributed by atoms with Gasteiger partial charge in [0.2, 0.25) is 5.95 Å². The second-order valence-electron chi connectivity index (χ2n) is 6.73. The summed E-state index contributed by atoms with van der Waals surface area (Å²) in [5.41, 5.74) is 8.18. The standard InChI is InChI=1S/C23H18N6O2/c1-14-26-21(19-4-2-3-13-25-19)28-23(27-14)29-22(31)17-7-5-15(6-8-17)20(30)16-9-11-18(24)12-10-16/h2-13H,24H2,1H3,(H,26,27,28,29,31). The maximum absolute atomic E-state index is 12.6. The second-order valence-corrected chi connectivity index (χ2v) is 6.73. The van der Waals surface area contributed by atoms with Crippen molar-refractivity contribution in [2.75, 3.05) is 11.1 Å². The predicted molar refractivity (Wildman–Crippen MR) is 116 cm³/mol. The fraction of sp³-hybridized carbons (Fsp3) is 0.0435. The third kappa shape index (κ3) is 4.59. The van der Waals surface area contributed by atoms with E-state index in [1.807, 2.05) is 6.07 Å². The number of nitrogen functional groups attached to an aromatic ring is 1. The lowest BCUT2D eigenvalue weighted by atomic mass is 10.0. The summed E-state index contributed by atoms with van der Waals surface area (Å²) in [6, 6.07) is 18.4. The minimum Gasteiger partial charge on any atom is -0.399 e. The van der Waals surface area contributed by atoms with Crippen molar-refractivity contribution in [1.82, 2.24) is 19.9 Å². The average molecular weight is 410 g/mol. The second kappa shape index (κ2) is 8.50. The number of nitrogens with one attached hydrogen (secondary N) is 1. The van der Waals surface area contributed by atoms with Crippen LogP contribution < -0.4 is 11.1 Å². The predicted octanol–water partition coefficient (Wildman–Crippen LogP) is 3.31. The fourth-order valence-corrected chi connectivity index (χ4v) is 2.90. The van der Waals surface area contributed by atoms with Crippen molar-refractivity contribution in [3.05, 3.63) is 95.4 Å². The number of pyridine rings is 1. The molecule has 0 aliphatic carbocycles. The van der Waals surface area contributed by atoms with E-state index in [0.29, 0.717) is 39.7 Å². The molecule has 0 saturated heterocycles. The van der Waals surface area contributed by atoms with Crippen molar-refractivity contribution in [2.45, 2.75) is 6.92 Å². The molecule has 0 radical (unpaired) electrons. The normalized spacial score (nSPS) is 10.5. The van der Waals surface area contributed by atoms with Crippen LogP contribution in [0.25, 0.3) is 11.5 Å². The highest BCUT2D eigenvalue weighted by atomic mass is 16.1. The first-order valence-electron chi connectivity index (χ1n) is 9.45. The SMILES string of the molecule is Cc1nc(NC(=O)c2ccc(C(=O)c3ccc(N)cc3)cc2)nc(-c2ccccn2)n1. The van der Waals surface area contributed by atoms with Gasteiger partial charge >= 0.3 is 0 Å². The van der Waals surface area contributed by atoms with Gasteiger partial charge in [0.15, 0.2) is 11.6 Å². The van der Waals surface area contributed by atoms with Gasteiger partial charge in [0.1, 0.15) is 11.5 Å². The number of hydrogen-bond acceptors (Lipinski definition) is 7. The molecular formula is C23H18N6O2. The van der Waals surface area contributed by atoms with Gasteiger partial charge in [-0.3, -0.25) is 19.9 Å². The van der Waals surface area contributed by atoms with Gasteiger partial charge in [0.05, 0.1) is 0 Å². The van der Waals surface area contributed by atoms with E-state index in [0.717, 1.165) is 0 Å². The molecule has 0 aliphatic heterocycles. The number of amides is 1. The van der Waals surface area contributed by atoms with Gasteiger partial charge in [-0.1, -0.05) is 18.2 Å². The maximum atomic E-state index is 12.6. The summed E-state index contributed by atoms with van der Waals surface area (Å²) in [5, 5.41) is 2.67. The van der Waals surface area contributed by atoms with Crippen LogP contribution in [0.4, 0.5) is 11.6 Å². The Balaban J connectivity index is 1.51. The molecule has 2 aromatic carbocycles. The highest BCUT2D eigenvalue weighted by Crippen LogP contribution is 2.16. The van der Waals surface area contributed by atoms with Crippen LogP contribution in [0.5, 0.6) is 0 Å². The molecule has 4 aromatic rings. The van der Waals surface area contributed by atoms with E-state index in [1.165, 1.54) is 0 Å². The molecule has 8 heteroatoms. The number of nitrogens with zero attached hydrogens (tertiary/aromatic N) is 4. The van der Waals surface area contributed by atoms with E-state index in [9.17, 15) is 9.59 Å². The molecule has 1 amide bonds. The summed E-state index contributed by atoms with van der Waals surface area (Å²) >= 11 is 0. The Morgan fingerprint density at radius 1 is 0.806 bits per heavy atom. The van der Waals surface area contributed by atoms with Gasteiger partial charge in [-0.25, -0.2) is 4.98 Å². The fourth-order valence-electron chi connectivity index (χ4n) is 2.90. The smallest absolute Gasteiger partial charge is 0.258 e. The lowest BCUT2D eigenvalue weighted by Gasteiger charge is -2.07. The molecule has 152 valence electrons. The number of aryl methyl sites for hydroxylation is 1. The van der Waals surface area contributed by atoms with Crippen LogP contribution in [0.1, 0.15) is 32.1 Å². The molecule has 2 heterocycles. The summed E-state index contributed by atoms with van der Waals surface area (Å²) in [7, 11) is 0. The van der Waals surface area contributed by atoms with Crippen molar-refractivity contribution >= 4 is 23.3 Å². The van der Waals surface area contributed by atoms with Crippen molar-refractivity contribution < 1.29 is 9.59 Å². The van der Waals surface area contributed by atoms with Crippen molar-refractivity contribution in [3.63, 3.8) is 0 Å². The van der Waals surface area contributed by atoms with Gasteiger partial charge in [-0.05, 0) is 55.5 Å². The molecule has 8 nitrogen and oxygen atoms in total. The van der Waals surface area contributed by atoms with E-state index in [4.69, 9.17) is 5.73 Å². The highest BCUT2D eigenvalue weighted by Gasteiger charge is 2.14. The van der Waals surface area contributed by atoms with Gasteiger partial charge in [-0.15, -0.1) is 0 Å². The number of aromatic nitrogens is 4. The molecule has 0 saturated carbocycles. The van der Waals surface area contributed by atoms with Crippen LogP contribution in [-0.2, 0) is 0 Å². The molecule has 0 aliphatic rings. The number of anilines is 2. The summed E-state index contributed by atoms with van der Waals surface area (Å²) in [6.07, 6.45) is 1.64. The van der Waals surface area contributed by atoms with E-state index in [2.05, 4.69) is 25.3 Å². The van der Waals surface area contributed by atoms with E-state index in [-0.39, 0.29) is 11.7 Å². The summed E-state index contributed by atoms with van der Waals surface area (Å²) < 4.78 is 0. The van der Waals surface area contributed by atoms with E-state index in [1.54, 1.807) is 73.8 Å². The molecule has 2 aromatic heterocycles. The molecular weight excluding hydrogens is 392 g/mol. The first-order chi connectivity index (χ1) is 15.0. The third-order valence-electron chi connectivity index (χ3n) is 4.45. The van der Waals surface area contributed by atoms with Crippen LogP contribution in [0.15, 0.2) is 72.9 Å². The first-order valence-corrected chi connectivity index (χ1v) is 9.45. The zero-order valence-electron chi connectivity index (χ0n) is 16.6. The number of carbonyl (C=O) groups is 2. The lowest BCUT2D eigenvalue weighted by molar-refractivity contribution is 0.101. The summed E-state index contributed by atoms with van der Waals surface area (Å²) in [4.78, 5) is 42.1. The molecule has 0 fully saturated rings. The van der Waals surface area contributed by atoms with Crippen molar-refractivity contribution in [3.8, 4) is 11.5 Å². The first kappa shape index (κ1) is 19.8. The van der Waals surface area contributed by atoms with Gasteiger partial charge < -0.3 is 5.73 Å². The van der Waals surface area contributed by atoms with Gasteiger partial charge in [0, 0.05) is 28.6 Å². The van der Waals surface area contributed by atoms with Crippen LogP contribution >= 0.6 is 0 Å². The van der Waals surface area contributed by atoms with Crippen LogP contribution in [0, 0.1) is 6.92 Å². The maximum Gasteiger partial charge on any atom is 0.258 e. The quantitative estimate of drug-likeness (QED) is 0.382. The molecule has 31 heavy (non-hydrogen) atoms. The largest absolute Gasteiger partial charge is 0.399 e. The average Bonchev–Trinajstić information content (AvgIpc) is 2.79. The molecule has 0 spiro atoms. The zero-order chi connectivity index (χ0) is 21.8. The number of ketones is 1. The third-order valence-corrected chi connectivity index (χ3v) is 4.45. The van der Waals surface area contributed by atoms with Crippen molar-refractivity contribution in [1.29, 1.82) is 0 Å². The Hall–Kier alpha value is -4.46. The van der Waals surface area contributed by atoms with Gasteiger partial charge in [-0.2, -0.15) is 9.97 Å². The monoisotopic (exact) mass is 410 g/mol. The Morgan fingerprint density at radius 3 is 2.10 bits per heavy atom. The lowest BCUT2D eigenvalue weighted by Crippen LogP contribution is -2.16. The summed E-state index contributed by atoms with van der Waals surface area (Å²) in [5.74, 6) is 0.396.